The predicted molar refractivity (Wildman–Crippen MR) is 99.2 cm³/mol. The first-order valence-electron chi connectivity index (χ1n) is 9.25. The maximum atomic E-state index is 4.63. The molecule has 0 spiro atoms. The molecule has 0 bridgehead atoms. The second-order valence-corrected chi connectivity index (χ2v) is 6.43. The number of nitrogens with one attached hydrogen (secondary N) is 1. The lowest BCUT2D eigenvalue weighted by atomic mass is 9.97. The van der Waals surface area contributed by atoms with Crippen LogP contribution in [0.15, 0.2) is 17.7 Å². The van der Waals surface area contributed by atoms with E-state index in [4.69, 9.17) is 0 Å². The zero-order valence-electron chi connectivity index (χ0n) is 15.1. The monoisotopic (exact) mass is 316 g/mol. The van der Waals surface area contributed by atoms with Crippen LogP contribution in [0.4, 0.5) is 11.6 Å². The van der Waals surface area contributed by atoms with Crippen LogP contribution in [0, 0.1) is 6.92 Å². The van der Waals surface area contributed by atoms with Crippen LogP contribution < -0.4 is 10.2 Å². The van der Waals surface area contributed by atoms with Crippen LogP contribution in [0.25, 0.3) is 0 Å². The van der Waals surface area contributed by atoms with Crippen molar-refractivity contribution in [3.8, 4) is 0 Å². The van der Waals surface area contributed by atoms with Gasteiger partial charge in [-0.25, -0.2) is 9.97 Å². The summed E-state index contributed by atoms with van der Waals surface area (Å²) in [5.74, 6) is 2.86. The first-order chi connectivity index (χ1) is 11.2. The normalized spacial score (nSPS) is 14.5. The van der Waals surface area contributed by atoms with Crippen LogP contribution >= 0.6 is 0 Å². The molecule has 4 heteroatoms. The minimum atomic E-state index is 0.846. The van der Waals surface area contributed by atoms with Crippen LogP contribution in [0.3, 0.4) is 0 Å². The lowest BCUT2D eigenvalue weighted by Gasteiger charge is -2.23. The topological polar surface area (TPSA) is 41.0 Å². The molecule has 0 saturated carbocycles. The van der Waals surface area contributed by atoms with Gasteiger partial charge in [0.1, 0.15) is 17.5 Å². The third-order valence-corrected chi connectivity index (χ3v) is 4.27. The van der Waals surface area contributed by atoms with Gasteiger partial charge in [-0.3, -0.25) is 0 Å². The molecular weight excluding hydrogens is 284 g/mol. The number of aromatic nitrogens is 2. The molecule has 1 aromatic heterocycles. The molecule has 128 valence electrons. The zero-order valence-corrected chi connectivity index (χ0v) is 15.1. The third kappa shape index (κ3) is 5.85. The Bertz CT molecular complexity index is 504. The van der Waals surface area contributed by atoms with Crippen LogP contribution in [0.1, 0.15) is 64.6 Å². The average molecular weight is 316 g/mol. The molecule has 1 aromatic rings. The second-order valence-electron chi connectivity index (χ2n) is 6.43. The quantitative estimate of drug-likeness (QED) is 0.670. The Morgan fingerprint density at radius 3 is 2.57 bits per heavy atom. The van der Waals surface area contributed by atoms with E-state index >= 15 is 0 Å². The number of hydrogen-bond donors (Lipinski definition) is 1. The van der Waals surface area contributed by atoms with Crippen LogP contribution in [0.2, 0.25) is 0 Å². The maximum Gasteiger partial charge on any atom is 0.134 e. The summed E-state index contributed by atoms with van der Waals surface area (Å²) in [5.41, 5.74) is 1.60. The Morgan fingerprint density at radius 2 is 1.91 bits per heavy atom. The van der Waals surface area contributed by atoms with Gasteiger partial charge in [0, 0.05) is 25.7 Å². The highest BCUT2D eigenvalue weighted by Crippen LogP contribution is 2.21. The average Bonchev–Trinajstić information content (AvgIpc) is 2.55. The van der Waals surface area contributed by atoms with Crippen molar-refractivity contribution in [2.45, 2.75) is 65.7 Å². The van der Waals surface area contributed by atoms with Gasteiger partial charge in [0.25, 0.3) is 0 Å². The van der Waals surface area contributed by atoms with E-state index in [0.717, 1.165) is 56.4 Å². The molecule has 0 saturated heterocycles. The fourth-order valence-electron chi connectivity index (χ4n) is 3.17. The van der Waals surface area contributed by atoms with Crippen molar-refractivity contribution in [1.29, 1.82) is 0 Å². The molecule has 0 fully saturated rings. The van der Waals surface area contributed by atoms with Gasteiger partial charge in [0.15, 0.2) is 0 Å². The molecule has 1 heterocycles. The highest BCUT2D eigenvalue weighted by Gasteiger charge is 2.09. The number of rotatable bonds is 9. The molecule has 0 unspecified atom stereocenters. The molecule has 4 nitrogen and oxygen atoms in total. The van der Waals surface area contributed by atoms with Crippen molar-refractivity contribution in [2.24, 2.45) is 0 Å². The lowest BCUT2D eigenvalue weighted by Crippen LogP contribution is -2.26. The van der Waals surface area contributed by atoms with E-state index in [0.29, 0.717) is 0 Å². The van der Waals surface area contributed by atoms with E-state index in [9.17, 15) is 0 Å². The Labute approximate surface area is 141 Å². The van der Waals surface area contributed by atoms with E-state index in [2.05, 4.69) is 46.2 Å². The second kappa shape index (κ2) is 9.53. The Morgan fingerprint density at radius 1 is 1.13 bits per heavy atom. The summed E-state index contributed by atoms with van der Waals surface area (Å²) in [5, 5.41) is 3.49. The summed E-state index contributed by atoms with van der Waals surface area (Å²) in [6.45, 7) is 9.48. The standard InChI is InChI=1S/C19H32N4/c1-4-13-23(14-5-2)19-15-18(21-16(3)22-19)20-12-11-17-9-7-6-8-10-17/h9,15H,4-8,10-14H2,1-3H3,(H,20,21,22). The number of hydrogen-bond acceptors (Lipinski definition) is 4. The fourth-order valence-corrected chi connectivity index (χ4v) is 3.17. The van der Waals surface area contributed by atoms with Crippen molar-refractivity contribution in [3.63, 3.8) is 0 Å². The smallest absolute Gasteiger partial charge is 0.134 e. The van der Waals surface area contributed by atoms with Gasteiger partial charge >= 0.3 is 0 Å². The first kappa shape index (κ1) is 17.8. The summed E-state index contributed by atoms with van der Waals surface area (Å²) in [6.07, 6.45) is 11.1. The van der Waals surface area contributed by atoms with E-state index in [1.54, 1.807) is 5.57 Å². The summed E-state index contributed by atoms with van der Waals surface area (Å²) < 4.78 is 0. The van der Waals surface area contributed by atoms with Crippen molar-refractivity contribution in [2.75, 3.05) is 29.9 Å². The minimum absolute atomic E-state index is 0.846. The molecule has 1 N–H and O–H groups in total. The van der Waals surface area contributed by atoms with Gasteiger partial charge in [-0.15, -0.1) is 0 Å². The predicted octanol–water partition coefficient (Wildman–Crippen LogP) is 4.71. The maximum absolute atomic E-state index is 4.63. The fraction of sp³-hybridized carbons (Fsp3) is 0.684. The minimum Gasteiger partial charge on any atom is -0.370 e. The van der Waals surface area contributed by atoms with Gasteiger partial charge in [-0.05, 0) is 51.9 Å². The van der Waals surface area contributed by atoms with Gasteiger partial charge in [-0.2, -0.15) is 0 Å². The van der Waals surface area contributed by atoms with Gasteiger partial charge in [0.05, 0.1) is 0 Å². The van der Waals surface area contributed by atoms with Gasteiger partial charge in [0.2, 0.25) is 0 Å². The molecule has 2 rings (SSSR count). The zero-order chi connectivity index (χ0) is 16.5. The Balaban J connectivity index is 1.96. The summed E-state index contributed by atoms with van der Waals surface area (Å²) in [6, 6.07) is 2.10. The molecule has 1 aliphatic carbocycles. The van der Waals surface area contributed by atoms with E-state index in [-0.39, 0.29) is 0 Å². The summed E-state index contributed by atoms with van der Waals surface area (Å²) in [4.78, 5) is 11.5. The molecule has 0 radical (unpaired) electrons. The number of nitrogens with zero attached hydrogens (tertiary/aromatic N) is 3. The molecule has 0 amide bonds. The van der Waals surface area contributed by atoms with Crippen molar-refractivity contribution in [1.82, 2.24) is 9.97 Å². The van der Waals surface area contributed by atoms with E-state index in [1.807, 2.05) is 6.92 Å². The Hall–Kier alpha value is -1.58. The number of anilines is 2. The largest absolute Gasteiger partial charge is 0.370 e. The summed E-state index contributed by atoms with van der Waals surface area (Å²) >= 11 is 0. The highest BCUT2D eigenvalue weighted by atomic mass is 15.2. The molecule has 0 atom stereocenters. The van der Waals surface area contributed by atoms with Crippen molar-refractivity contribution >= 4 is 11.6 Å². The highest BCUT2D eigenvalue weighted by molar-refractivity contribution is 5.49. The lowest BCUT2D eigenvalue weighted by molar-refractivity contribution is 0.679. The van der Waals surface area contributed by atoms with Gasteiger partial charge in [-0.1, -0.05) is 25.5 Å². The number of aryl methyl sites for hydroxylation is 1. The summed E-state index contributed by atoms with van der Waals surface area (Å²) in [7, 11) is 0. The first-order valence-corrected chi connectivity index (χ1v) is 9.25. The van der Waals surface area contributed by atoms with Gasteiger partial charge < -0.3 is 10.2 Å². The molecular formula is C19H32N4. The SMILES string of the molecule is CCCN(CCC)c1cc(NCCC2=CCCCC2)nc(C)n1. The van der Waals surface area contributed by atoms with E-state index < -0.39 is 0 Å². The van der Waals surface area contributed by atoms with Crippen LogP contribution in [0.5, 0.6) is 0 Å². The molecule has 0 aromatic carbocycles. The Kier molecular flexibility index (Phi) is 7.37. The van der Waals surface area contributed by atoms with Crippen molar-refractivity contribution < 1.29 is 0 Å². The number of allylic oxidation sites excluding steroid dienone is 1. The third-order valence-electron chi connectivity index (χ3n) is 4.27. The van der Waals surface area contributed by atoms with Crippen LogP contribution in [-0.4, -0.2) is 29.6 Å². The molecule has 1 aliphatic rings. The van der Waals surface area contributed by atoms with Crippen LogP contribution in [-0.2, 0) is 0 Å². The molecule has 0 aliphatic heterocycles. The van der Waals surface area contributed by atoms with Crippen molar-refractivity contribution in [3.05, 3.63) is 23.5 Å². The van der Waals surface area contributed by atoms with E-state index in [1.165, 1.54) is 25.7 Å². The molecule has 23 heavy (non-hydrogen) atoms.